The van der Waals surface area contributed by atoms with Crippen molar-refractivity contribution in [3.63, 3.8) is 0 Å². The summed E-state index contributed by atoms with van der Waals surface area (Å²) in [5, 5.41) is 5.68. The number of rotatable bonds is 9. The third kappa shape index (κ3) is 5.79. The lowest BCUT2D eigenvalue weighted by molar-refractivity contribution is -0.121. The number of benzene rings is 1. The zero-order valence-electron chi connectivity index (χ0n) is 15.2. The summed E-state index contributed by atoms with van der Waals surface area (Å²) in [5.41, 5.74) is 2.22. The van der Waals surface area contributed by atoms with Gasteiger partial charge in [-0.3, -0.25) is 14.6 Å². The van der Waals surface area contributed by atoms with Gasteiger partial charge in [0.1, 0.15) is 10.8 Å². The van der Waals surface area contributed by atoms with Crippen molar-refractivity contribution in [2.45, 2.75) is 25.7 Å². The molecule has 3 aromatic rings. The highest BCUT2D eigenvalue weighted by molar-refractivity contribution is 7.13. The Morgan fingerprint density at radius 3 is 2.64 bits per heavy atom. The van der Waals surface area contributed by atoms with Crippen molar-refractivity contribution in [2.75, 3.05) is 6.54 Å². The van der Waals surface area contributed by atoms with Gasteiger partial charge < -0.3 is 5.32 Å². The Balaban J connectivity index is 1.35. The van der Waals surface area contributed by atoms with Crippen LogP contribution in [-0.4, -0.2) is 28.2 Å². The molecule has 28 heavy (non-hydrogen) atoms. The van der Waals surface area contributed by atoms with Crippen LogP contribution < -0.4 is 5.32 Å². The zero-order chi connectivity index (χ0) is 19.8. The van der Waals surface area contributed by atoms with E-state index < -0.39 is 0 Å². The molecule has 0 atom stereocenters. The summed E-state index contributed by atoms with van der Waals surface area (Å²) < 4.78 is 12.9. The van der Waals surface area contributed by atoms with Crippen LogP contribution in [0.4, 0.5) is 4.39 Å². The Kier molecular flexibility index (Phi) is 6.97. The van der Waals surface area contributed by atoms with Gasteiger partial charge in [0.25, 0.3) is 0 Å². The van der Waals surface area contributed by atoms with Crippen LogP contribution in [0.5, 0.6) is 0 Å². The second-order valence-corrected chi connectivity index (χ2v) is 7.10. The molecule has 2 heterocycles. The van der Waals surface area contributed by atoms with Crippen LogP contribution in [-0.2, 0) is 11.2 Å². The molecule has 0 spiro atoms. The molecule has 0 fully saturated rings. The minimum absolute atomic E-state index is 0.0858. The molecule has 144 valence electrons. The molecule has 1 amide bonds. The van der Waals surface area contributed by atoms with Gasteiger partial charge in [-0.05, 0) is 42.8 Å². The minimum atomic E-state index is -0.372. The highest BCUT2D eigenvalue weighted by Crippen LogP contribution is 2.21. The van der Waals surface area contributed by atoms with Crippen molar-refractivity contribution in [2.24, 2.45) is 0 Å². The number of aromatic nitrogens is 2. The van der Waals surface area contributed by atoms with Crippen molar-refractivity contribution >= 4 is 23.0 Å². The van der Waals surface area contributed by atoms with Gasteiger partial charge in [0, 0.05) is 42.9 Å². The van der Waals surface area contributed by atoms with E-state index in [9.17, 15) is 14.0 Å². The van der Waals surface area contributed by atoms with E-state index in [1.807, 2.05) is 23.6 Å². The second kappa shape index (κ2) is 9.85. The Labute approximate surface area is 166 Å². The predicted molar refractivity (Wildman–Crippen MR) is 107 cm³/mol. The Bertz CT molecular complexity index is 926. The molecule has 0 aliphatic heterocycles. The van der Waals surface area contributed by atoms with Crippen molar-refractivity contribution < 1.29 is 14.0 Å². The van der Waals surface area contributed by atoms with Gasteiger partial charge in [-0.2, -0.15) is 0 Å². The summed E-state index contributed by atoms with van der Waals surface area (Å²) in [6.07, 6.45) is 3.38. The van der Waals surface area contributed by atoms with E-state index in [-0.39, 0.29) is 30.3 Å². The van der Waals surface area contributed by atoms with Gasteiger partial charge >= 0.3 is 0 Å². The van der Waals surface area contributed by atoms with E-state index in [4.69, 9.17) is 0 Å². The van der Waals surface area contributed by atoms with Crippen LogP contribution >= 0.6 is 11.3 Å². The molecule has 0 bridgehead atoms. The average molecular weight is 397 g/mol. The summed E-state index contributed by atoms with van der Waals surface area (Å²) in [6, 6.07) is 11.1. The molecule has 0 unspecified atom stereocenters. The van der Waals surface area contributed by atoms with Gasteiger partial charge in [-0.25, -0.2) is 9.37 Å². The first kappa shape index (κ1) is 19.8. The van der Waals surface area contributed by atoms with Gasteiger partial charge in [0.15, 0.2) is 5.78 Å². The standard InChI is InChI=1S/C21H20FN3O2S/c22-16-9-7-15(8-10-16)19(26)5-3-6-20(27)24-13-11-17-14-28-21(25-17)18-4-1-2-12-23-18/h1-2,4,7-10,12,14H,3,5-6,11,13H2,(H,24,27). The highest BCUT2D eigenvalue weighted by atomic mass is 32.1. The van der Waals surface area contributed by atoms with Crippen molar-refractivity contribution in [1.82, 2.24) is 15.3 Å². The minimum Gasteiger partial charge on any atom is -0.356 e. The molecular weight excluding hydrogens is 377 g/mol. The molecule has 1 N–H and O–H groups in total. The number of hydrogen-bond donors (Lipinski definition) is 1. The number of nitrogens with one attached hydrogen (secondary N) is 1. The second-order valence-electron chi connectivity index (χ2n) is 6.24. The topological polar surface area (TPSA) is 72.0 Å². The van der Waals surface area contributed by atoms with Crippen LogP contribution in [0, 0.1) is 5.82 Å². The third-order valence-electron chi connectivity index (χ3n) is 4.11. The van der Waals surface area contributed by atoms with Crippen molar-refractivity contribution in [3.8, 4) is 10.7 Å². The number of ketones is 1. The number of nitrogens with zero attached hydrogens (tertiary/aromatic N) is 2. The third-order valence-corrected chi connectivity index (χ3v) is 5.03. The summed E-state index contributed by atoms with van der Waals surface area (Å²) in [7, 11) is 0. The van der Waals surface area contributed by atoms with Crippen LogP contribution in [0.2, 0.25) is 0 Å². The zero-order valence-corrected chi connectivity index (χ0v) is 16.0. The maximum Gasteiger partial charge on any atom is 0.220 e. The molecular formula is C21H20FN3O2S. The first-order valence-electron chi connectivity index (χ1n) is 9.03. The fraction of sp³-hybridized carbons (Fsp3) is 0.238. The van der Waals surface area contributed by atoms with E-state index in [2.05, 4.69) is 15.3 Å². The first-order valence-corrected chi connectivity index (χ1v) is 9.91. The van der Waals surface area contributed by atoms with Gasteiger partial charge in [0.05, 0.1) is 11.4 Å². The van der Waals surface area contributed by atoms with Crippen LogP contribution in [0.15, 0.2) is 54.0 Å². The molecule has 5 nitrogen and oxygen atoms in total. The van der Waals surface area contributed by atoms with E-state index in [0.29, 0.717) is 24.9 Å². The number of carbonyl (C=O) groups excluding carboxylic acids is 2. The summed E-state index contributed by atoms with van der Waals surface area (Å²) >= 11 is 1.53. The van der Waals surface area contributed by atoms with Gasteiger partial charge in [-0.1, -0.05) is 6.07 Å². The maximum atomic E-state index is 12.9. The SMILES string of the molecule is O=C(CCCC(=O)c1ccc(F)cc1)NCCc1csc(-c2ccccn2)n1. The van der Waals surface area contributed by atoms with Crippen molar-refractivity contribution in [1.29, 1.82) is 0 Å². The average Bonchev–Trinajstić information content (AvgIpc) is 3.18. The molecule has 0 aliphatic rings. The number of carbonyl (C=O) groups is 2. The first-order chi connectivity index (χ1) is 13.6. The number of Topliss-reactive ketones (excluding diaryl/α,β-unsaturated/α-hetero) is 1. The predicted octanol–water partition coefficient (Wildman–Crippen LogP) is 4.06. The lowest BCUT2D eigenvalue weighted by atomic mass is 10.1. The van der Waals surface area contributed by atoms with Crippen molar-refractivity contribution in [3.05, 3.63) is 71.1 Å². The molecule has 0 radical (unpaired) electrons. The number of hydrogen-bond acceptors (Lipinski definition) is 5. The Morgan fingerprint density at radius 1 is 1.07 bits per heavy atom. The number of amides is 1. The lowest BCUT2D eigenvalue weighted by Gasteiger charge is -2.04. The normalized spacial score (nSPS) is 10.6. The Morgan fingerprint density at radius 2 is 1.89 bits per heavy atom. The molecule has 7 heteroatoms. The monoisotopic (exact) mass is 397 g/mol. The fourth-order valence-electron chi connectivity index (χ4n) is 2.64. The van der Waals surface area contributed by atoms with Crippen LogP contribution in [0.25, 0.3) is 10.7 Å². The lowest BCUT2D eigenvalue weighted by Crippen LogP contribution is -2.25. The van der Waals surface area contributed by atoms with Gasteiger partial charge in [-0.15, -0.1) is 11.3 Å². The molecule has 0 saturated carbocycles. The largest absolute Gasteiger partial charge is 0.356 e. The Hall–Kier alpha value is -2.93. The number of thiazole rings is 1. The van der Waals surface area contributed by atoms with E-state index in [0.717, 1.165) is 16.4 Å². The van der Waals surface area contributed by atoms with Crippen LogP contribution in [0.3, 0.4) is 0 Å². The summed E-state index contributed by atoms with van der Waals surface area (Å²) in [4.78, 5) is 32.7. The van der Waals surface area contributed by atoms with Crippen LogP contribution in [0.1, 0.15) is 35.3 Å². The van der Waals surface area contributed by atoms with E-state index in [1.54, 1.807) is 6.20 Å². The molecule has 3 rings (SSSR count). The van der Waals surface area contributed by atoms with E-state index in [1.165, 1.54) is 35.6 Å². The summed E-state index contributed by atoms with van der Waals surface area (Å²) in [6.45, 7) is 0.496. The highest BCUT2D eigenvalue weighted by Gasteiger charge is 2.09. The smallest absolute Gasteiger partial charge is 0.220 e. The molecule has 1 aromatic carbocycles. The molecule has 2 aromatic heterocycles. The number of halogens is 1. The maximum absolute atomic E-state index is 12.9. The molecule has 0 saturated heterocycles. The fourth-order valence-corrected chi connectivity index (χ4v) is 3.47. The number of pyridine rings is 1. The van der Waals surface area contributed by atoms with Gasteiger partial charge in [0.2, 0.25) is 5.91 Å². The molecule has 0 aliphatic carbocycles. The quantitative estimate of drug-likeness (QED) is 0.553. The van der Waals surface area contributed by atoms with E-state index >= 15 is 0 Å². The summed E-state index contributed by atoms with van der Waals surface area (Å²) in [5.74, 6) is -0.549.